The van der Waals surface area contributed by atoms with Gasteiger partial charge in [-0.2, -0.15) is 0 Å². The van der Waals surface area contributed by atoms with Gasteiger partial charge in [0.2, 0.25) is 0 Å². The molecule has 0 fully saturated rings. The maximum atomic E-state index is 10.7. The number of H-pyrrole nitrogens is 1. The molecule has 27 heavy (non-hydrogen) atoms. The molecule has 1 aromatic carbocycles. The fourth-order valence-corrected chi connectivity index (χ4v) is 4.25. The zero-order chi connectivity index (χ0) is 19.0. The van der Waals surface area contributed by atoms with Crippen LogP contribution in [0.1, 0.15) is 0 Å². The smallest absolute Gasteiger partial charge is 0.333 e. The van der Waals surface area contributed by atoms with Gasteiger partial charge in [0.05, 0.1) is 16.8 Å². The molecule has 12 heteroatoms. The highest BCUT2D eigenvalue weighted by Gasteiger charge is 2.14. The number of thiazole rings is 1. The summed E-state index contributed by atoms with van der Waals surface area (Å²) in [5.41, 5.74) is 2.56. The summed E-state index contributed by atoms with van der Waals surface area (Å²) < 4.78 is 2.22. The van der Waals surface area contributed by atoms with Crippen molar-refractivity contribution in [3.63, 3.8) is 0 Å². The van der Waals surface area contributed by atoms with E-state index >= 15 is 0 Å². The molecular weight excluding hydrogens is 431 g/mol. The number of hydrogen-bond acceptors (Lipinski definition) is 7. The highest BCUT2D eigenvalue weighted by atomic mass is 35.5. The lowest BCUT2D eigenvalue weighted by Gasteiger charge is -2.05. The van der Waals surface area contributed by atoms with Gasteiger partial charge >= 0.3 is 5.00 Å². The summed E-state index contributed by atoms with van der Waals surface area (Å²) >= 11 is 14.2. The highest BCUT2D eigenvalue weighted by molar-refractivity contribution is 8.00. The lowest BCUT2D eigenvalue weighted by molar-refractivity contribution is -0.380. The van der Waals surface area contributed by atoms with Crippen molar-refractivity contribution in [2.24, 2.45) is 0 Å². The van der Waals surface area contributed by atoms with Crippen LogP contribution in [0.2, 0.25) is 10.3 Å². The number of imidazole rings is 2. The molecule has 4 rings (SSSR count). The van der Waals surface area contributed by atoms with Crippen molar-refractivity contribution >= 4 is 51.3 Å². The molecule has 3 heterocycles. The van der Waals surface area contributed by atoms with Crippen LogP contribution in [-0.2, 0) is 0 Å². The molecule has 0 saturated heterocycles. The third-order valence-electron chi connectivity index (χ3n) is 3.51. The molecule has 0 saturated carbocycles. The van der Waals surface area contributed by atoms with Gasteiger partial charge in [-0.15, -0.1) is 0 Å². The van der Waals surface area contributed by atoms with Crippen molar-refractivity contribution in [3.8, 4) is 16.9 Å². The number of nitro groups is 1. The standard InChI is InChI=1S/C15H8Cl2N6O2S2/c16-12-13(17)22(7-20-12)9-3-1-8(2-4-9)10-5-18-14(21-10)27-15-19-6-11(26-15)23(24)25/h1-7H,(H,18,21). The fraction of sp³-hybridized carbons (Fsp3) is 0. The Morgan fingerprint density at radius 1 is 1.15 bits per heavy atom. The van der Waals surface area contributed by atoms with Gasteiger partial charge in [0.25, 0.3) is 0 Å². The minimum Gasteiger partial charge on any atom is -0.333 e. The second-order valence-electron chi connectivity index (χ2n) is 5.17. The topological polar surface area (TPSA) is 103 Å². The van der Waals surface area contributed by atoms with E-state index in [4.69, 9.17) is 23.2 Å². The number of nitrogens with zero attached hydrogens (tertiary/aromatic N) is 5. The summed E-state index contributed by atoms with van der Waals surface area (Å²) in [4.78, 5) is 25.7. The number of halogens is 2. The Balaban J connectivity index is 1.52. The second kappa shape index (κ2) is 7.31. The van der Waals surface area contributed by atoms with Crippen LogP contribution in [0.3, 0.4) is 0 Å². The van der Waals surface area contributed by atoms with E-state index in [9.17, 15) is 10.1 Å². The molecule has 1 N–H and O–H groups in total. The van der Waals surface area contributed by atoms with E-state index in [-0.39, 0.29) is 10.2 Å². The van der Waals surface area contributed by atoms with Gasteiger partial charge in [0.1, 0.15) is 12.5 Å². The first-order chi connectivity index (χ1) is 13.0. The molecule has 0 unspecified atom stereocenters. The molecule has 8 nitrogen and oxygen atoms in total. The number of benzene rings is 1. The fourth-order valence-electron chi connectivity index (χ4n) is 2.26. The molecule has 0 amide bonds. The van der Waals surface area contributed by atoms with Crippen molar-refractivity contribution in [1.82, 2.24) is 24.5 Å². The van der Waals surface area contributed by atoms with E-state index < -0.39 is 4.92 Å². The molecule has 3 aromatic heterocycles. The van der Waals surface area contributed by atoms with Crippen LogP contribution in [0.25, 0.3) is 16.9 Å². The maximum absolute atomic E-state index is 10.7. The summed E-state index contributed by atoms with van der Waals surface area (Å²) in [5, 5.41) is 11.9. The minimum absolute atomic E-state index is 0.00173. The van der Waals surface area contributed by atoms with Gasteiger partial charge in [-0.3, -0.25) is 14.7 Å². The van der Waals surface area contributed by atoms with Crippen molar-refractivity contribution in [2.45, 2.75) is 9.50 Å². The summed E-state index contributed by atoms with van der Waals surface area (Å²) in [6.45, 7) is 0. The molecular formula is C15H8Cl2N6O2S2. The summed E-state index contributed by atoms with van der Waals surface area (Å²) in [7, 11) is 0. The highest BCUT2D eigenvalue weighted by Crippen LogP contribution is 2.33. The quantitative estimate of drug-likeness (QED) is 0.344. The Morgan fingerprint density at radius 3 is 2.56 bits per heavy atom. The Bertz CT molecular complexity index is 1120. The Hall–Kier alpha value is -2.40. The Labute approximate surface area is 170 Å². The SMILES string of the molecule is O=[N+]([O-])c1cnc(Sc2ncc(-c3ccc(-n4cnc(Cl)c4Cl)cc3)[nH]2)s1. The number of aromatic amines is 1. The second-order valence-corrected chi connectivity index (χ2v) is 8.13. The van der Waals surface area contributed by atoms with Crippen molar-refractivity contribution in [1.29, 1.82) is 0 Å². The van der Waals surface area contributed by atoms with Gasteiger partial charge in [-0.1, -0.05) is 35.3 Å². The van der Waals surface area contributed by atoms with Crippen molar-refractivity contribution in [2.75, 3.05) is 0 Å². The van der Waals surface area contributed by atoms with E-state index in [0.717, 1.165) is 28.3 Å². The van der Waals surface area contributed by atoms with E-state index in [1.54, 1.807) is 17.1 Å². The summed E-state index contributed by atoms with van der Waals surface area (Å²) in [6, 6.07) is 7.60. The number of hydrogen-bond donors (Lipinski definition) is 1. The van der Waals surface area contributed by atoms with E-state index in [0.29, 0.717) is 14.6 Å². The summed E-state index contributed by atoms with van der Waals surface area (Å²) in [6.07, 6.45) is 4.49. The zero-order valence-corrected chi connectivity index (χ0v) is 16.3. The first-order valence-corrected chi connectivity index (χ1v) is 9.72. The van der Waals surface area contributed by atoms with Gasteiger partial charge in [0, 0.05) is 5.69 Å². The molecule has 136 valence electrons. The van der Waals surface area contributed by atoms with Gasteiger partial charge in [-0.25, -0.2) is 15.0 Å². The lowest BCUT2D eigenvalue weighted by Crippen LogP contribution is -1.91. The predicted octanol–water partition coefficient (Wildman–Crippen LogP) is 5.09. The van der Waals surface area contributed by atoms with Crippen molar-refractivity contribution < 1.29 is 4.92 Å². The van der Waals surface area contributed by atoms with E-state index in [1.807, 2.05) is 24.3 Å². The van der Waals surface area contributed by atoms with Gasteiger partial charge in [0.15, 0.2) is 19.8 Å². The first kappa shape index (κ1) is 18.0. The Kier molecular flexibility index (Phi) is 4.87. The normalized spacial score (nSPS) is 11.0. The lowest BCUT2D eigenvalue weighted by atomic mass is 10.1. The van der Waals surface area contributed by atoms with Crippen LogP contribution >= 0.6 is 46.3 Å². The Morgan fingerprint density at radius 2 is 1.93 bits per heavy atom. The molecule has 0 aliphatic carbocycles. The van der Waals surface area contributed by atoms with E-state index in [2.05, 4.69) is 19.9 Å². The average Bonchev–Trinajstić information content (AvgIpc) is 3.38. The van der Waals surface area contributed by atoms with Crippen LogP contribution in [-0.4, -0.2) is 29.4 Å². The van der Waals surface area contributed by atoms with Crippen molar-refractivity contribution in [3.05, 3.63) is 63.4 Å². The number of nitrogens with one attached hydrogen (secondary N) is 1. The van der Waals surface area contributed by atoms with Crippen LogP contribution in [0.15, 0.2) is 52.5 Å². The molecule has 0 aliphatic heterocycles. The van der Waals surface area contributed by atoms with Crippen LogP contribution in [0.4, 0.5) is 5.00 Å². The molecule has 4 aromatic rings. The zero-order valence-electron chi connectivity index (χ0n) is 13.2. The molecule has 0 atom stereocenters. The first-order valence-electron chi connectivity index (χ1n) is 7.33. The number of aromatic nitrogens is 5. The van der Waals surface area contributed by atoms with Crippen LogP contribution < -0.4 is 0 Å². The van der Waals surface area contributed by atoms with Gasteiger partial charge < -0.3 is 4.98 Å². The van der Waals surface area contributed by atoms with Crippen LogP contribution in [0, 0.1) is 10.1 Å². The third-order valence-corrected chi connectivity index (χ3v) is 6.17. The van der Waals surface area contributed by atoms with Gasteiger partial charge in [-0.05, 0) is 40.8 Å². The molecule has 0 bridgehead atoms. The maximum Gasteiger partial charge on any atom is 0.344 e. The molecule has 0 spiro atoms. The average molecular weight is 439 g/mol. The largest absolute Gasteiger partial charge is 0.344 e. The van der Waals surface area contributed by atoms with E-state index in [1.165, 1.54) is 18.0 Å². The number of rotatable bonds is 5. The predicted molar refractivity (Wildman–Crippen MR) is 104 cm³/mol. The monoisotopic (exact) mass is 438 g/mol. The molecule has 0 aliphatic rings. The minimum atomic E-state index is -0.462. The molecule has 0 radical (unpaired) electrons. The summed E-state index contributed by atoms with van der Waals surface area (Å²) in [5.74, 6) is 0. The third kappa shape index (κ3) is 3.69. The van der Waals surface area contributed by atoms with Crippen LogP contribution in [0.5, 0.6) is 0 Å².